The van der Waals surface area contributed by atoms with Gasteiger partial charge in [0.05, 0.1) is 18.7 Å². The number of nitrogens with two attached hydrogens (primary N) is 1. The molecule has 0 unspecified atom stereocenters. The number of benzene rings is 1. The zero-order chi connectivity index (χ0) is 28.6. The van der Waals surface area contributed by atoms with Crippen molar-refractivity contribution in [3.05, 3.63) is 71.9 Å². The third-order valence-electron chi connectivity index (χ3n) is 6.52. The van der Waals surface area contributed by atoms with E-state index in [2.05, 4.69) is 15.3 Å². The van der Waals surface area contributed by atoms with Gasteiger partial charge >= 0.3 is 6.18 Å². The number of fused-ring (bicyclic) bond motifs is 1. The van der Waals surface area contributed by atoms with Crippen LogP contribution in [0.1, 0.15) is 41.7 Å². The topological polar surface area (TPSA) is 128 Å². The van der Waals surface area contributed by atoms with Gasteiger partial charge in [0.25, 0.3) is 5.91 Å². The average Bonchev–Trinajstić information content (AvgIpc) is 3.33. The van der Waals surface area contributed by atoms with Gasteiger partial charge in [-0.3, -0.25) is 14.0 Å². The van der Waals surface area contributed by atoms with E-state index in [1.807, 2.05) is 13.8 Å². The van der Waals surface area contributed by atoms with E-state index in [4.69, 9.17) is 15.5 Å². The Morgan fingerprint density at radius 3 is 2.58 bits per heavy atom. The summed E-state index contributed by atoms with van der Waals surface area (Å²) in [6.07, 6.45) is -0.808. The zero-order valence-corrected chi connectivity index (χ0v) is 21.6. The van der Waals surface area contributed by atoms with Crippen LogP contribution in [0.2, 0.25) is 0 Å². The van der Waals surface area contributed by atoms with Crippen molar-refractivity contribution < 1.29 is 27.5 Å². The lowest BCUT2D eigenvalue weighted by molar-refractivity contribution is -0.142. The first kappa shape index (κ1) is 27.1. The number of pyridine rings is 1. The molecule has 1 aliphatic rings. The molecule has 13 heteroatoms. The number of anilines is 2. The Kier molecular flexibility index (Phi) is 7.15. The molecular formula is C27H26F3N7O3. The van der Waals surface area contributed by atoms with Gasteiger partial charge in [0.1, 0.15) is 34.8 Å². The average molecular weight is 554 g/mol. The molecule has 208 valence electrons. The van der Waals surface area contributed by atoms with Gasteiger partial charge in [-0.15, -0.1) is 0 Å². The van der Waals surface area contributed by atoms with E-state index in [9.17, 15) is 22.8 Å². The quantitative estimate of drug-likeness (QED) is 0.379. The lowest BCUT2D eigenvalue weighted by Gasteiger charge is -2.33. The molecule has 0 aliphatic carbocycles. The zero-order valence-electron chi connectivity index (χ0n) is 21.6. The number of nitrogens with zero attached hydrogens (tertiary/aromatic N) is 5. The normalized spacial score (nSPS) is 15.9. The number of morpholine rings is 1. The molecule has 1 fully saturated rings. The number of nitrogen functional groups attached to an aromatic ring is 1. The van der Waals surface area contributed by atoms with E-state index in [1.165, 1.54) is 12.1 Å². The number of hydrogen-bond acceptors (Lipinski definition) is 7. The number of ether oxygens (including phenoxy) is 1. The van der Waals surface area contributed by atoms with Crippen molar-refractivity contribution >= 4 is 29.0 Å². The molecule has 3 N–H and O–H groups in total. The highest BCUT2D eigenvalue weighted by Crippen LogP contribution is 2.33. The summed E-state index contributed by atoms with van der Waals surface area (Å²) >= 11 is 0. The molecule has 2 amide bonds. The van der Waals surface area contributed by atoms with Crippen LogP contribution < -0.4 is 11.1 Å². The highest BCUT2D eigenvalue weighted by Gasteiger charge is 2.32. The minimum atomic E-state index is -4.56. The number of alkyl halides is 3. The summed E-state index contributed by atoms with van der Waals surface area (Å²) in [5.41, 5.74) is 7.19. The maximum atomic E-state index is 13.0. The largest absolute Gasteiger partial charge is 0.416 e. The van der Waals surface area contributed by atoms with E-state index in [0.29, 0.717) is 42.3 Å². The molecule has 3 aromatic heterocycles. The molecular weight excluding hydrogens is 527 g/mol. The van der Waals surface area contributed by atoms with Crippen molar-refractivity contribution in [2.45, 2.75) is 26.1 Å². The van der Waals surface area contributed by atoms with Crippen LogP contribution in [-0.4, -0.2) is 55.8 Å². The standard InChI is InChI=1S/C27H26F3N7O3/c1-15(2)26(39)36-11-12-40-19(14-36)24-35-21(22-23(31)33-9-10-37(22)24)16-3-5-17(6-4-16)25(38)34-20-13-18(7-8-32-20)27(28,29)30/h3-10,13,15,19H,11-12,14H2,1-2H3,(H2,31,33)(H,32,34,38)/t19-/m0/s1. The van der Waals surface area contributed by atoms with Crippen molar-refractivity contribution in [3.63, 3.8) is 0 Å². The number of aromatic nitrogens is 4. The van der Waals surface area contributed by atoms with Crippen molar-refractivity contribution in [3.8, 4) is 11.3 Å². The smallest absolute Gasteiger partial charge is 0.382 e. The molecule has 0 spiro atoms. The Morgan fingerprint density at radius 1 is 1.12 bits per heavy atom. The third-order valence-corrected chi connectivity index (χ3v) is 6.52. The van der Waals surface area contributed by atoms with Crippen LogP contribution in [-0.2, 0) is 15.7 Å². The van der Waals surface area contributed by atoms with Gasteiger partial charge in [-0.1, -0.05) is 26.0 Å². The minimum absolute atomic E-state index is 0.0322. The molecule has 40 heavy (non-hydrogen) atoms. The lowest BCUT2D eigenvalue weighted by Crippen LogP contribution is -2.44. The second-order valence-electron chi connectivity index (χ2n) is 9.61. The van der Waals surface area contributed by atoms with E-state index in [-0.39, 0.29) is 29.0 Å². The van der Waals surface area contributed by atoms with Crippen molar-refractivity contribution in [2.75, 3.05) is 30.7 Å². The molecule has 0 saturated carbocycles. The van der Waals surface area contributed by atoms with Crippen LogP contribution in [0, 0.1) is 5.92 Å². The molecule has 5 rings (SSSR count). The number of rotatable bonds is 5. The molecule has 0 bridgehead atoms. The SMILES string of the molecule is CC(C)C(=O)N1CCO[C@H](c2nc(-c3ccc(C(=O)Nc4cc(C(F)(F)F)ccn4)cc3)c3c(N)nccn23)C1. The van der Waals surface area contributed by atoms with Crippen LogP contribution >= 0.6 is 0 Å². The number of carbonyl (C=O) groups is 2. The van der Waals surface area contributed by atoms with Crippen molar-refractivity contribution in [1.29, 1.82) is 0 Å². The Labute approximate surface area is 227 Å². The monoisotopic (exact) mass is 553 g/mol. The molecule has 1 atom stereocenters. The van der Waals surface area contributed by atoms with Gasteiger partial charge < -0.3 is 20.7 Å². The van der Waals surface area contributed by atoms with Crippen molar-refractivity contribution in [2.24, 2.45) is 5.92 Å². The summed E-state index contributed by atoms with van der Waals surface area (Å²) in [5.74, 6) is -0.168. The molecule has 1 saturated heterocycles. The minimum Gasteiger partial charge on any atom is -0.382 e. The molecule has 4 aromatic rings. The maximum Gasteiger partial charge on any atom is 0.416 e. The number of hydrogen-bond donors (Lipinski definition) is 2. The van der Waals surface area contributed by atoms with Gasteiger partial charge in [0.2, 0.25) is 5.91 Å². The summed E-state index contributed by atoms with van der Waals surface area (Å²) in [6, 6.07) is 7.95. The number of halogens is 3. The lowest BCUT2D eigenvalue weighted by atomic mass is 10.1. The summed E-state index contributed by atoms with van der Waals surface area (Å²) in [4.78, 5) is 39.9. The van der Waals surface area contributed by atoms with E-state index in [1.54, 1.807) is 33.8 Å². The highest BCUT2D eigenvalue weighted by molar-refractivity contribution is 6.04. The number of imidazole rings is 1. The molecule has 1 aliphatic heterocycles. The summed E-state index contributed by atoms with van der Waals surface area (Å²) in [6.45, 7) is 4.89. The van der Waals surface area contributed by atoms with Crippen LogP contribution in [0.5, 0.6) is 0 Å². The van der Waals surface area contributed by atoms with Crippen LogP contribution in [0.25, 0.3) is 16.8 Å². The fourth-order valence-electron chi connectivity index (χ4n) is 4.53. The third kappa shape index (κ3) is 5.32. The second kappa shape index (κ2) is 10.6. The van der Waals surface area contributed by atoms with Crippen LogP contribution in [0.4, 0.5) is 24.8 Å². The predicted molar refractivity (Wildman–Crippen MR) is 140 cm³/mol. The first-order chi connectivity index (χ1) is 19.0. The van der Waals surface area contributed by atoms with Gasteiger partial charge in [-0.2, -0.15) is 13.2 Å². The molecule has 1 aromatic carbocycles. The Bertz CT molecular complexity index is 1570. The summed E-state index contributed by atoms with van der Waals surface area (Å²) in [7, 11) is 0. The summed E-state index contributed by atoms with van der Waals surface area (Å²) < 4.78 is 46.8. The Hall–Kier alpha value is -4.52. The van der Waals surface area contributed by atoms with Gasteiger partial charge in [0.15, 0.2) is 0 Å². The number of nitrogens with one attached hydrogen (secondary N) is 1. The molecule has 0 radical (unpaired) electrons. The van der Waals surface area contributed by atoms with E-state index < -0.39 is 23.8 Å². The van der Waals surface area contributed by atoms with Gasteiger partial charge in [0, 0.05) is 42.2 Å². The molecule has 10 nitrogen and oxygen atoms in total. The fraction of sp³-hybridized carbons (Fsp3) is 0.296. The molecule has 4 heterocycles. The Balaban J connectivity index is 1.42. The Morgan fingerprint density at radius 2 is 1.88 bits per heavy atom. The van der Waals surface area contributed by atoms with Crippen LogP contribution in [0.3, 0.4) is 0 Å². The predicted octanol–water partition coefficient (Wildman–Crippen LogP) is 4.20. The number of carbonyl (C=O) groups excluding carboxylic acids is 2. The highest BCUT2D eigenvalue weighted by atomic mass is 19.4. The van der Waals surface area contributed by atoms with Gasteiger partial charge in [-0.25, -0.2) is 15.0 Å². The summed E-state index contributed by atoms with van der Waals surface area (Å²) in [5, 5.41) is 2.39. The fourth-order valence-corrected chi connectivity index (χ4v) is 4.53. The first-order valence-electron chi connectivity index (χ1n) is 12.5. The van der Waals surface area contributed by atoms with Gasteiger partial charge in [-0.05, 0) is 24.3 Å². The second-order valence-corrected chi connectivity index (χ2v) is 9.61. The first-order valence-corrected chi connectivity index (χ1v) is 12.5. The van der Waals surface area contributed by atoms with Crippen LogP contribution in [0.15, 0.2) is 55.0 Å². The maximum absolute atomic E-state index is 13.0. The van der Waals surface area contributed by atoms with E-state index >= 15 is 0 Å². The van der Waals surface area contributed by atoms with E-state index in [0.717, 1.165) is 18.3 Å². The van der Waals surface area contributed by atoms with Crippen molar-refractivity contribution in [1.82, 2.24) is 24.3 Å². The number of amides is 2.